The van der Waals surface area contributed by atoms with E-state index < -0.39 is 0 Å². The highest BCUT2D eigenvalue weighted by Crippen LogP contribution is 2.32. The third-order valence-corrected chi connectivity index (χ3v) is 9.23. The largest absolute Gasteiger partial charge is 0.508 e. The molecule has 0 aliphatic rings. The Hall–Kier alpha value is -4.63. The number of phenolic OH excluding ortho intramolecular Hbond substituents is 3. The van der Waals surface area contributed by atoms with Crippen molar-refractivity contribution in [1.82, 2.24) is 15.0 Å². The Morgan fingerprint density at radius 1 is 0.717 bits per heavy atom. The average molecular weight is 734 g/mol. The molecule has 0 unspecified atom stereocenters. The van der Waals surface area contributed by atoms with Crippen LogP contribution >= 0.6 is 49.9 Å². The molecule has 3 heterocycles. The van der Waals surface area contributed by atoms with Crippen LogP contribution in [0.5, 0.6) is 17.2 Å². The van der Waals surface area contributed by atoms with Gasteiger partial charge in [-0.05, 0) is 68.3 Å². The monoisotopic (exact) mass is 732 g/mol. The molecular formula is C33H29BrN6O3S3. The molecule has 6 rings (SSSR count). The fourth-order valence-corrected chi connectivity index (χ4v) is 6.18. The molecule has 0 aliphatic heterocycles. The maximum Gasteiger partial charge on any atom is 0.134 e. The van der Waals surface area contributed by atoms with E-state index in [0.717, 1.165) is 48.0 Å². The number of benzene rings is 3. The van der Waals surface area contributed by atoms with Crippen LogP contribution in [0.1, 0.15) is 33.8 Å². The Bertz CT molecular complexity index is 1960. The van der Waals surface area contributed by atoms with Crippen molar-refractivity contribution >= 4 is 49.9 Å². The second-order valence-electron chi connectivity index (χ2n) is 9.33. The molecule has 5 N–H and O–H groups in total. The number of hydrogen-bond donors (Lipinski definition) is 4. The average Bonchev–Trinajstić information content (AvgIpc) is 3.81. The molecule has 13 heteroatoms. The predicted molar refractivity (Wildman–Crippen MR) is 188 cm³/mol. The molecule has 0 spiro atoms. The van der Waals surface area contributed by atoms with Crippen LogP contribution in [0.4, 0.5) is 0 Å². The molecule has 46 heavy (non-hydrogen) atoms. The van der Waals surface area contributed by atoms with E-state index in [9.17, 15) is 10.2 Å². The van der Waals surface area contributed by atoms with Gasteiger partial charge in [-0.3, -0.25) is 4.98 Å². The molecular weight excluding hydrogens is 705 g/mol. The lowest BCUT2D eigenvalue weighted by molar-refractivity contribution is 0.468. The van der Waals surface area contributed by atoms with E-state index in [1.54, 1.807) is 64.0 Å². The predicted octanol–water partition coefficient (Wildman–Crippen LogP) is 8.46. The maximum atomic E-state index is 9.69. The first kappa shape index (κ1) is 35.8. The highest BCUT2D eigenvalue weighted by Gasteiger charge is 2.08. The van der Waals surface area contributed by atoms with Crippen LogP contribution in [0, 0.1) is 43.4 Å². The Kier molecular flexibility index (Phi) is 13.8. The lowest BCUT2D eigenvalue weighted by atomic mass is 10.1. The fourth-order valence-electron chi connectivity index (χ4n) is 3.68. The number of rotatable bonds is 3. The van der Waals surface area contributed by atoms with Gasteiger partial charge >= 0.3 is 0 Å². The first-order valence-electron chi connectivity index (χ1n) is 13.4. The zero-order valence-corrected chi connectivity index (χ0v) is 29.0. The summed E-state index contributed by atoms with van der Waals surface area (Å²) in [5.41, 5.74) is 17.1. The Morgan fingerprint density at radius 2 is 1.24 bits per heavy atom. The van der Waals surface area contributed by atoms with Gasteiger partial charge in [0.2, 0.25) is 0 Å². The SMILES string of the molecule is Cc1cscn1.Cc1ncsc1-c1ccc(C#N)c(O)c1.Cc1ncsc1-c1ccc(CN)c(O)c1.N#Cc1ccc(Br)cc1O. The number of nitrogens with zero attached hydrogens (tertiary/aromatic N) is 5. The van der Waals surface area contributed by atoms with Crippen LogP contribution in [-0.2, 0) is 6.54 Å². The molecule has 0 saturated carbocycles. The van der Waals surface area contributed by atoms with Gasteiger partial charge in [0.15, 0.2) is 0 Å². The summed E-state index contributed by atoms with van der Waals surface area (Å²) in [5, 5.41) is 47.3. The van der Waals surface area contributed by atoms with Crippen molar-refractivity contribution in [2.24, 2.45) is 5.73 Å². The molecule has 0 amide bonds. The van der Waals surface area contributed by atoms with Crippen molar-refractivity contribution in [3.05, 3.63) is 115 Å². The van der Waals surface area contributed by atoms with E-state index in [0.29, 0.717) is 17.7 Å². The van der Waals surface area contributed by atoms with Gasteiger partial charge in [-0.1, -0.05) is 34.1 Å². The number of thiazole rings is 3. The highest BCUT2D eigenvalue weighted by molar-refractivity contribution is 9.10. The molecule has 0 radical (unpaired) electrons. The Morgan fingerprint density at radius 3 is 1.61 bits per heavy atom. The molecule has 0 bridgehead atoms. The number of aryl methyl sites for hydroxylation is 3. The molecule has 3 aromatic carbocycles. The number of nitriles is 2. The second kappa shape index (κ2) is 17.8. The minimum absolute atomic E-state index is 0.0110. The van der Waals surface area contributed by atoms with Crippen LogP contribution in [-0.4, -0.2) is 30.3 Å². The van der Waals surface area contributed by atoms with Crippen molar-refractivity contribution in [2.45, 2.75) is 27.3 Å². The smallest absolute Gasteiger partial charge is 0.134 e. The third kappa shape index (κ3) is 10.2. The number of aromatic hydroxyl groups is 3. The highest BCUT2D eigenvalue weighted by atomic mass is 79.9. The summed E-state index contributed by atoms with van der Waals surface area (Å²) in [7, 11) is 0. The number of nitrogens with two attached hydrogens (primary N) is 1. The summed E-state index contributed by atoms with van der Waals surface area (Å²) < 4.78 is 0.768. The lowest BCUT2D eigenvalue weighted by Crippen LogP contribution is -1.96. The number of aromatic nitrogens is 3. The van der Waals surface area contributed by atoms with Crippen molar-refractivity contribution in [3.8, 4) is 50.3 Å². The van der Waals surface area contributed by atoms with E-state index in [1.165, 1.54) is 17.4 Å². The minimum Gasteiger partial charge on any atom is -0.508 e. The van der Waals surface area contributed by atoms with Gasteiger partial charge in [-0.25, -0.2) is 9.97 Å². The number of halogens is 1. The van der Waals surface area contributed by atoms with Crippen LogP contribution in [0.15, 0.2) is 81.0 Å². The van der Waals surface area contributed by atoms with E-state index in [1.807, 2.05) is 62.0 Å². The number of hydrogen-bond acceptors (Lipinski definition) is 12. The van der Waals surface area contributed by atoms with Crippen molar-refractivity contribution < 1.29 is 15.3 Å². The van der Waals surface area contributed by atoms with E-state index in [4.69, 9.17) is 21.4 Å². The molecule has 6 aromatic rings. The summed E-state index contributed by atoms with van der Waals surface area (Å²) in [6.45, 7) is 6.21. The van der Waals surface area contributed by atoms with Crippen LogP contribution in [0.25, 0.3) is 20.9 Å². The zero-order valence-electron chi connectivity index (χ0n) is 25.0. The molecule has 3 aromatic heterocycles. The van der Waals surface area contributed by atoms with Gasteiger partial charge in [0.1, 0.15) is 29.4 Å². The van der Waals surface area contributed by atoms with Gasteiger partial charge in [0.05, 0.1) is 48.8 Å². The normalized spacial score (nSPS) is 9.72. The van der Waals surface area contributed by atoms with Gasteiger partial charge in [-0.2, -0.15) is 10.5 Å². The number of phenols is 3. The summed E-state index contributed by atoms with van der Waals surface area (Å²) in [6, 6.07) is 19.1. The summed E-state index contributed by atoms with van der Waals surface area (Å²) >= 11 is 7.88. The summed E-state index contributed by atoms with van der Waals surface area (Å²) in [5.74, 6) is 0.280. The van der Waals surface area contributed by atoms with Gasteiger partial charge < -0.3 is 21.1 Å². The van der Waals surface area contributed by atoms with Gasteiger partial charge in [0.25, 0.3) is 0 Å². The quantitative estimate of drug-likeness (QED) is 0.139. The van der Waals surface area contributed by atoms with Crippen LogP contribution in [0.2, 0.25) is 0 Å². The van der Waals surface area contributed by atoms with E-state index in [-0.39, 0.29) is 17.2 Å². The van der Waals surface area contributed by atoms with Gasteiger partial charge in [0, 0.05) is 27.7 Å². The minimum atomic E-state index is 0.0110. The first-order valence-corrected chi connectivity index (χ1v) is 16.9. The van der Waals surface area contributed by atoms with Crippen LogP contribution in [0.3, 0.4) is 0 Å². The molecule has 0 aliphatic carbocycles. The van der Waals surface area contributed by atoms with Gasteiger partial charge in [-0.15, -0.1) is 34.0 Å². The molecule has 0 fully saturated rings. The topological polar surface area (TPSA) is 173 Å². The Labute approximate surface area is 287 Å². The third-order valence-electron chi connectivity index (χ3n) is 6.07. The van der Waals surface area contributed by atoms with Crippen molar-refractivity contribution in [1.29, 1.82) is 10.5 Å². The van der Waals surface area contributed by atoms with Crippen LogP contribution < -0.4 is 5.73 Å². The maximum absolute atomic E-state index is 9.69. The standard InChI is InChI=1S/C11H12N2OS.C11H8N2OS.C7H4BrNO.C4H5NS/c2*1-7-11(15-6-13-7)8-2-3-9(5-12)10(14)4-8;8-6-2-1-5(4-9)7(10)3-6;1-4-2-6-3-5-4/h2-4,6,14H,5,12H2,1H3;2-4,6,14H,1H3;1-3,10H;2-3H,1H3. The summed E-state index contributed by atoms with van der Waals surface area (Å²) in [4.78, 5) is 14.4. The lowest BCUT2D eigenvalue weighted by Gasteiger charge is -2.04. The Balaban J connectivity index is 0.000000175. The zero-order chi connectivity index (χ0) is 33.6. The molecule has 0 saturated heterocycles. The molecule has 9 nitrogen and oxygen atoms in total. The van der Waals surface area contributed by atoms with Crippen molar-refractivity contribution in [2.75, 3.05) is 0 Å². The van der Waals surface area contributed by atoms with E-state index in [2.05, 4.69) is 30.9 Å². The van der Waals surface area contributed by atoms with Crippen molar-refractivity contribution in [3.63, 3.8) is 0 Å². The first-order chi connectivity index (χ1) is 22.1. The van der Waals surface area contributed by atoms with E-state index >= 15 is 0 Å². The molecule has 0 atom stereocenters. The second-order valence-corrected chi connectivity index (χ2v) is 12.7. The summed E-state index contributed by atoms with van der Waals surface area (Å²) in [6.07, 6.45) is 0. The molecule has 234 valence electrons. The fraction of sp³-hybridized carbons (Fsp3) is 0.121.